The lowest BCUT2D eigenvalue weighted by molar-refractivity contribution is 0.603. The van der Waals surface area contributed by atoms with Gasteiger partial charge in [0.2, 0.25) is 0 Å². The van der Waals surface area contributed by atoms with E-state index in [1.165, 1.54) is 12.4 Å². The lowest BCUT2D eigenvalue weighted by Crippen LogP contribution is -2.02. The van der Waals surface area contributed by atoms with Crippen molar-refractivity contribution in [1.29, 1.82) is 0 Å². The molecule has 5 heteroatoms. The Kier molecular flexibility index (Phi) is 3.97. The fourth-order valence-corrected chi connectivity index (χ4v) is 1.01. The van der Waals surface area contributed by atoms with Gasteiger partial charge in [0.1, 0.15) is 0 Å². The Labute approximate surface area is 82.3 Å². The zero-order valence-corrected chi connectivity index (χ0v) is 8.40. The summed E-state index contributed by atoms with van der Waals surface area (Å²) in [6.45, 7) is 4.11. The maximum Gasteiger partial charge on any atom is 0.252 e. The first-order valence-corrected chi connectivity index (χ1v) is 4.71. The molecule has 14 heavy (non-hydrogen) atoms. The highest BCUT2D eigenvalue weighted by atomic mass is 16.1. The second-order valence-corrected chi connectivity index (χ2v) is 2.96. The lowest BCUT2D eigenvalue weighted by atomic mass is 10.2. The molecule has 0 bridgehead atoms. The van der Waals surface area contributed by atoms with Crippen LogP contribution >= 0.6 is 0 Å². The summed E-state index contributed by atoms with van der Waals surface area (Å²) in [4.78, 5) is 17.2. The standard InChI is InChI=1S/C9H14N4O/c1-3-7(4-2)12-13-8-5-9(14)11-6-10-8/h5-7H,3-4H2,1-2H3,(H,10,11,14). The van der Waals surface area contributed by atoms with Crippen molar-refractivity contribution in [2.45, 2.75) is 32.7 Å². The monoisotopic (exact) mass is 194 g/mol. The molecule has 0 aliphatic carbocycles. The van der Waals surface area contributed by atoms with Crippen molar-refractivity contribution < 1.29 is 0 Å². The van der Waals surface area contributed by atoms with Crippen LogP contribution < -0.4 is 5.56 Å². The molecule has 0 aliphatic heterocycles. The van der Waals surface area contributed by atoms with Crippen LogP contribution in [0.15, 0.2) is 27.4 Å². The van der Waals surface area contributed by atoms with Gasteiger partial charge in [-0.05, 0) is 12.8 Å². The maximum absolute atomic E-state index is 10.9. The molecule has 0 fully saturated rings. The van der Waals surface area contributed by atoms with Gasteiger partial charge in [0.05, 0.1) is 12.4 Å². The molecule has 1 N–H and O–H groups in total. The van der Waals surface area contributed by atoms with Crippen molar-refractivity contribution in [1.82, 2.24) is 9.97 Å². The first kappa shape index (κ1) is 10.6. The zero-order valence-electron chi connectivity index (χ0n) is 8.40. The second kappa shape index (κ2) is 5.26. The maximum atomic E-state index is 10.9. The Morgan fingerprint density at radius 3 is 2.79 bits per heavy atom. The molecule has 0 radical (unpaired) electrons. The number of H-pyrrole nitrogens is 1. The van der Waals surface area contributed by atoms with Gasteiger partial charge < -0.3 is 4.98 Å². The minimum atomic E-state index is -0.210. The van der Waals surface area contributed by atoms with Crippen LogP contribution in [0.5, 0.6) is 0 Å². The summed E-state index contributed by atoms with van der Waals surface area (Å²) in [5.74, 6) is 0.362. The van der Waals surface area contributed by atoms with Crippen LogP contribution in [0.3, 0.4) is 0 Å². The van der Waals surface area contributed by atoms with Crippen LogP contribution in [-0.2, 0) is 0 Å². The van der Waals surface area contributed by atoms with Gasteiger partial charge in [0.15, 0.2) is 5.82 Å². The molecule has 1 heterocycles. The average molecular weight is 194 g/mol. The van der Waals surface area contributed by atoms with E-state index in [0.29, 0.717) is 5.82 Å². The number of nitrogens with one attached hydrogen (secondary N) is 1. The lowest BCUT2D eigenvalue weighted by Gasteiger charge is -2.02. The molecule has 0 spiro atoms. The number of hydrogen-bond donors (Lipinski definition) is 1. The molecule has 76 valence electrons. The second-order valence-electron chi connectivity index (χ2n) is 2.96. The van der Waals surface area contributed by atoms with Gasteiger partial charge in [-0.2, -0.15) is 5.11 Å². The number of aromatic nitrogens is 2. The van der Waals surface area contributed by atoms with Crippen molar-refractivity contribution >= 4 is 5.82 Å². The Morgan fingerprint density at radius 1 is 1.50 bits per heavy atom. The van der Waals surface area contributed by atoms with Crippen LogP contribution in [0.4, 0.5) is 5.82 Å². The molecule has 1 aromatic rings. The first-order chi connectivity index (χ1) is 6.76. The normalized spacial score (nSPS) is 11.4. The topological polar surface area (TPSA) is 70.5 Å². The van der Waals surface area contributed by atoms with Crippen molar-refractivity contribution in [3.8, 4) is 0 Å². The molecule has 0 unspecified atom stereocenters. The Hall–Kier alpha value is -1.52. The molecule has 0 aliphatic rings. The molecule has 0 amide bonds. The predicted octanol–water partition coefficient (Wildman–Crippen LogP) is 2.04. The summed E-state index contributed by atoms with van der Waals surface area (Å²) >= 11 is 0. The highest BCUT2D eigenvalue weighted by Gasteiger charge is 1.99. The Morgan fingerprint density at radius 2 is 2.21 bits per heavy atom. The summed E-state index contributed by atoms with van der Waals surface area (Å²) < 4.78 is 0. The average Bonchev–Trinajstić information content (AvgIpc) is 2.19. The molecule has 1 rings (SSSR count). The third kappa shape index (κ3) is 3.08. The number of hydrogen-bond acceptors (Lipinski definition) is 4. The minimum Gasteiger partial charge on any atom is -0.313 e. The van der Waals surface area contributed by atoms with Gasteiger partial charge in [0.25, 0.3) is 5.56 Å². The molecule has 0 aromatic carbocycles. The summed E-state index contributed by atoms with van der Waals surface area (Å²) in [5.41, 5.74) is -0.210. The Bertz CT molecular complexity index is 354. The third-order valence-electron chi connectivity index (χ3n) is 1.93. The number of aromatic amines is 1. The van der Waals surface area contributed by atoms with E-state index in [9.17, 15) is 4.79 Å². The fourth-order valence-electron chi connectivity index (χ4n) is 1.01. The van der Waals surface area contributed by atoms with Gasteiger partial charge in [-0.3, -0.25) is 4.79 Å². The third-order valence-corrected chi connectivity index (χ3v) is 1.93. The van der Waals surface area contributed by atoms with Crippen molar-refractivity contribution in [2.75, 3.05) is 0 Å². The van der Waals surface area contributed by atoms with E-state index in [2.05, 4.69) is 34.0 Å². The molecule has 0 saturated carbocycles. The van der Waals surface area contributed by atoms with E-state index in [1.807, 2.05) is 0 Å². The molecule has 5 nitrogen and oxygen atoms in total. The van der Waals surface area contributed by atoms with Crippen molar-refractivity contribution in [3.63, 3.8) is 0 Å². The van der Waals surface area contributed by atoms with Gasteiger partial charge in [-0.1, -0.05) is 13.8 Å². The molecular formula is C9H14N4O. The molecule has 0 atom stereocenters. The van der Waals surface area contributed by atoms with E-state index < -0.39 is 0 Å². The number of azo groups is 1. The van der Waals surface area contributed by atoms with Crippen LogP contribution in [0.25, 0.3) is 0 Å². The smallest absolute Gasteiger partial charge is 0.252 e. The van der Waals surface area contributed by atoms with E-state index in [0.717, 1.165) is 12.8 Å². The largest absolute Gasteiger partial charge is 0.313 e. The first-order valence-electron chi connectivity index (χ1n) is 4.71. The van der Waals surface area contributed by atoms with Gasteiger partial charge in [0, 0.05) is 6.07 Å². The fraction of sp³-hybridized carbons (Fsp3) is 0.556. The minimum absolute atomic E-state index is 0.210. The quantitative estimate of drug-likeness (QED) is 0.745. The van der Waals surface area contributed by atoms with Gasteiger partial charge >= 0.3 is 0 Å². The van der Waals surface area contributed by atoms with Crippen LogP contribution in [-0.4, -0.2) is 16.0 Å². The van der Waals surface area contributed by atoms with Crippen molar-refractivity contribution in [3.05, 3.63) is 22.7 Å². The SMILES string of the molecule is CCC(CC)N=Nc1cc(=O)[nH]cn1. The highest BCUT2D eigenvalue weighted by molar-refractivity contribution is 5.21. The number of nitrogens with zero attached hydrogens (tertiary/aromatic N) is 3. The van der Waals surface area contributed by atoms with E-state index in [1.54, 1.807) is 0 Å². The summed E-state index contributed by atoms with van der Waals surface area (Å²) in [7, 11) is 0. The Balaban J connectivity index is 2.72. The van der Waals surface area contributed by atoms with E-state index in [4.69, 9.17) is 0 Å². The van der Waals surface area contributed by atoms with E-state index in [-0.39, 0.29) is 11.6 Å². The van der Waals surface area contributed by atoms with Gasteiger partial charge in [-0.25, -0.2) is 4.98 Å². The van der Waals surface area contributed by atoms with E-state index >= 15 is 0 Å². The van der Waals surface area contributed by atoms with Crippen molar-refractivity contribution in [2.24, 2.45) is 10.2 Å². The zero-order chi connectivity index (χ0) is 10.4. The van der Waals surface area contributed by atoms with Crippen LogP contribution in [0, 0.1) is 0 Å². The van der Waals surface area contributed by atoms with Crippen LogP contribution in [0.2, 0.25) is 0 Å². The predicted molar refractivity (Wildman–Crippen MR) is 53.7 cm³/mol. The van der Waals surface area contributed by atoms with Crippen LogP contribution in [0.1, 0.15) is 26.7 Å². The molecule has 0 saturated heterocycles. The summed E-state index contributed by atoms with van der Waals surface area (Å²) in [6, 6.07) is 1.54. The number of rotatable bonds is 4. The molecular weight excluding hydrogens is 180 g/mol. The summed E-state index contributed by atoms with van der Waals surface area (Å²) in [6.07, 6.45) is 3.22. The molecule has 1 aromatic heterocycles. The summed E-state index contributed by atoms with van der Waals surface area (Å²) in [5, 5.41) is 7.98. The van der Waals surface area contributed by atoms with Gasteiger partial charge in [-0.15, -0.1) is 5.11 Å². The highest BCUT2D eigenvalue weighted by Crippen LogP contribution is 2.08.